The number of nitrogens with two attached hydrogens (primary N) is 1. The summed E-state index contributed by atoms with van der Waals surface area (Å²) in [5.41, 5.74) is 5.03. The fraction of sp³-hybridized carbons (Fsp3) is 1.00. The Bertz CT molecular complexity index is 46.4. The van der Waals surface area contributed by atoms with Crippen LogP contribution in [0.5, 0.6) is 0 Å². The molecule has 0 aromatic rings. The third-order valence-corrected chi connectivity index (χ3v) is 0.735. The molecule has 50 valence electrons. The maximum atomic E-state index is 8.52. The largest absolute Gasteiger partial charge is 0.377 e. The highest BCUT2D eigenvalue weighted by molar-refractivity contribution is 4.54. The van der Waals surface area contributed by atoms with E-state index in [9.17, 15) is 0 Å². The highest BCUT2D eigenvalue weighted by Gasteiger charge is 1.94. The van der Waals surface area contributed by atoms with Crippen LogP contribution in [0.3, 0.4) is 0 Å². The molecule has 0 aromatic carbocycles. The van der Waals surface area contributed by atoms with Crippen molar-refractivity contribution in [3.8, 4) is 0 Å². The summed E-state index contributed by atoms with van der Waals surface area (Å²) in [5.74, 6) is 0. The molecule has 0 amide bonds. The summed E-state index contributed by atoms with van der Waals surface area (Å²) in [4.78, 5) is 0. The summed E-state index contributed by atoms with van der Waals surface area (Å²) in [6.07, 6.45) is -0.725. The molecule has 3 heteroatoms. The molecule has 0 fully saturated rings. The van der Waals surface area contributed by atoms with Gasteiger partial charge in [-0.05, 0) is 0 Å². The number of nitrogens with one attached hydrogen (secondary N) is 1. The average Bonchev–Trinajstić information content (AvgIpc) is 1.61. The molecule has 0 bridgehead atoms. The first-order valence-electron chi connectivity index (χ1n) is 2.80. The molecular weight excluding hydrogens is 104 g/mol. The van der Waals surface area contributed by atoms with Gasteiger partial charge in [-0.3, -0.25) is 0 Å². The monoisotopic (exact) mass is 118 g/mol. The second-order valence-corrected chi connectivity index (χ2v) is 2.13. The predicted molar refractivity (Wildman–Crippen MR) is 33.3 cm³/mol. The lowest BCUT2D eigenvalue weighted by molar-refractivity contribution is 0.176. The van der Waals surface area contributed by atoms with Crippen LogP contribution in [0.4, 0.5) is 0 Å². The third-order valence-electron chi connectivity index (χ3n) is 0.735. The van der Waals surface area contributed by atoms with Gasteiger partial charge >= 0.3 is 0 Å². The highest BCUT2D eigenvalue weighted by Crippen LogP contribution is 1.74. The van der Waals surface area contributed by atoms with Crippen molar-refractivity contribution in [1.82, 2.24) is 5.32 Å². The SMILES string of the molecule is CC(C)NCC(N)O. The Morgan fingerprint density at radius 2 is 2.12 bits per heavy atom. The standard InChI is InChI=1S/C5H14N2O/c1-4(2)7-3-5(6)8/h4-5,7-8H,3,6H2,1-2H3. The summed E-state index contributed by atoms with van der Waals surface area (Å²) >= 11 is 0. The zero-order valence-corrected chi connectivity index (χ0v) is 5.39. The Kier molecular flexibility index (Phi) is 3.77. The summed E-state index contributed by atoms with van der Waals surface area (Å²) in [6, 6.07) is 0.396. The van der Waals surface area contributed by atoms with Gasteiger partial charge in [0.25, 0.3) is 0 Å². The van der Waals surface area contributed by atoms with Gasteiger partial charge in [0.1, 0.15) is 6.23 Å². The molecule has 0 aliphatic carbocycles. The summed E-state index contributed by atoms with van der Waals surface area (Å²) in [5, 5.41) is 11.5. The van der Waals surface area contributed by atoms with Crippen LogP contribution in [0, 0.1) is 0 Å². The van der Waals surface area contributed by atoms with E-state index in [1.165, 1.54) is 0 Å². The maximum Gasteiger partial charge on any atom is 0.115 e. The first-order valence-corrected chi connectivity index (χ1v) is 2.80. The van der Waals surface area contributed by atoms with Crippen molar-refractivity contribution in [3.05, 3.63) is 0 Å². The Morgan fingerprint density at radius 1 is 1.62 bits per heavy atom. The van der Waals surface area contributed by atoms with Crippen molar-refractivity contribution in [2.75, 3.05) is 6.54 Å². The van der Waals surface area contributed by atoms with E-state index in [4.69, 9.17) is 10.8 Å². The fourth-order valence-corrected chi connectivity index (χ4v) is 0.356. The Morgan fingerprint density at radius 3 is 2.25 bits per heavy atom. The van der Waals surface area contributed by atoms with Crippen molar-refractivity contribution >= 4 is 0 Å². The van der Waals surface area contributed by atoms with Gasteiger partial charge < -0.3 is 16.2 Å². The van der Waals surface area contributed by atoms with Crippen LogP contribution in [0.25, 0.3) is 0 Å². The molecule has 0 spiro atoms. The van der Waals surface area contributed by atoms with E-state index < -0.39 is 6.23 Å². The number of aliphatic hydroxyl groups excluding tert-OH is 1. The first-order chi connectivity index (χ1) is 3.63. The van der Waals surface area contributed by atoms with Crippen LogP contribution in [0.2, 0.25) is 0 Å². The van der Waals surface area contributed by atoms with Crippen LogP contribution in [0.1, 0.15) is 13.8 Å². The number of aliphatic hydroxyl groups is 1. The summed E-state index contributed by atoms with van der Waals surface area (Å²) < 4.78 is 0. The lowest BCUT2D eigenvalue weighted by atomic mass is 10.4. The smallest absolute Gasteiger partial charge is 0.115 e. The van der Waals surface area contributed by atoms with Gasteiger partial charge in [-0.2, -0.15) is 0 Å². The molecule has 8 heavy (non-hydrogen) atoms. The van der Waals surface area contributed by atoms with Gasteiger partial charge in [-0.1, -0.05) is 13.8 Å². The zero-order chi connectivity index (χ0) is 6.57. The molecule has 0 aromatic heterocycles. The van der Waals surface area contributed by atoms with Crippen LogP contribution in [0.15, 0.2) is 0 Å². The van der Waals surface area contributed by atoms with E-state index in [0.717, 1.165) is 0 Å². The number of hydrogen-bond donors (Lipinski definition) is 3. The first kappa shape index (κ1) is 7.88. The van der Waals surface area contributed by atoms with Crippen LogP contribution < -0.4 is 11.1 Å². The Labute approximate surface area is 49.9 Å². The van der Waals surface area contributed by atoms with Gasteiger partial charge in [0.15, 0.2) is 0 Å². The van der Waals surface area contributed by atoms with E-state index in [0.29, 0.717) is 12.6 Å². The van der Waals surface area contributed by atoms with Crippen molar-refractivity contribution in [1.29, 1.82) is 0 Å². The minimum absolute atomic E-state index is 0.396. The van der Waals surface area contributed by atoms with E-state index in [-0.39, 0.29) is 0 Å². The zero-order valence-electron chi connectivity index (χ0n) is 5.39. The maximum absolute atomic E-state index is 8.52. The Balaban J connectivity index is 2.93. The number of rotatable bonds is 3. The number of hydrogen-bond acceptors (Lipinski definition) is 3. The van der Waals surface area contributed by atoms with Crippen LogP contribution >= 0.6 is 0 Å². The van der Waals surface area contributed by atoms with Gasteiger partial charge in [0.2, 0.25) is 0 Å². The second kappa shape index (κ2) is 3.83. The molecule has 4 N–H and O–H groups in total. The van der Waals surface area contributed by atoms with E-state index >= 15 is 0 Å². The molecule has 0 aliphatic heterocycles. The van der Waals surface area contributed by atoms with Crippen molar-refractivity contribution in [3.63, 3.8) is 0 Å². The summed E-state index contributed by atoms with van der Waals surface area (Å²) in [7, 11) is 0. The van der Waals surface area contributed by atoms with Gasteiger partial charge in [0, 0.05) is 12.6 Å². The topological polar surface area (TPSA) is 58.3 Å². The lowest BCUT2D eigenvalue weighted by Crippen LogP contribution is -2.36. The van der Waals surface area contributed by atoms with Crippen molar-refractivity contribution < 1.29 is 5.11 Å². The van der Waals surface area contributed by atoms with Gasteiger partial charge in [0.05, 0.1) is 0 Å². The molecule has 3 nitrogen and oxygen atoms in total. The van der Waals surface area contributed by atoms with E-state index in [1.807, 2.05) is 13.8 Å². The quantitative estimate of drug-likeness (QED) is 0.428. The molecule has 1 atom stereocenters. The second-order valence-electron chi connectivity index (χ2n) is 2.13. The van der Waals surface area contributed by atoms with Gasteiger partial charge in [-0.15, -0.1) is 0 Å². The third kappa shape index (κ3) is 5.88. The fourth-order valence-electron chi connectivity index (χ4n) is 0.356. The molecule has 0 saturated heterocycles. The van der Waals surface area contributed by atoms with E-state index in [2.05, 4.69) is 5.32 Å². The predicted octanol–water partition coefficient (Wildman–Crippen LogP) is -0.738. The van der Waals surface area contributed by atoms with Crippen molar-refractivity contribution in [2.24, 2.45) is 5.73 Å². The molecule has 0 aliphatic rings. The molecule has 0 rings (SSSR count). The van der Waals surface area contributed by atoms with Crippen LogP contribution in [-0.2, 0) is 0 Å². The summed E-state index contributed by atoms with van der Waals surface area (Å²) in [6.45, 7) is 4.47. The normalized spacial score (nSPS) is 14.6. The molecule has 1 unspecified atom stereocenters. The van der Waals surface area contributed by atoms with Gasteiger partial charge in [-0.25, -0.2) is 0 Å². The highest BCUT2D eigenvalue weighted by atomic mass is 16.3. The Hall–Kier alpha value is -0.120. The molecule has 0 heterocycles. The minimum Gasteiger partial charge on any atom is -0.377 e. The minimum atomic E-state index is -0.725. The molecule has 0 radical (unpaired) electrons. The van der Waals surface area contributed by atoms with Crippen LogP contribution in [-0.4, -0.2) is 23.9 Å². The van der Waals surface area contributed by atoms with Crippen molar-refractivity contribution in [2.45, 2.75) is 26.1 Å². The van der Waals surface area contributed by atoms with E-state index in [1.54, 1.807) is 0 Å². The molecule has 0 saturated carbocycles. The average molecular weight is 118 g/mol. The molecular formula is C5H14N2O. The lowest BCUT2D eigenvalue weighted by Gasteiger charge is -2.08.